The van der Waals surface area contributed by atoms with Gasteiger partial charge in [0.15, 0.2) is 5.65 Å². The molecule has 0 spiro atoms. The standard InChI is InChI=1S/C25H32ClN5O3/c1-18(2)34-23(32)21-15-28(20-9-7-8-19(26)14-20)12-13-29(21)16-25(3,4)17-31-24(33)30-11-6-5-10-22(30)27-31/h5-11,14,18,21H,12-13,15-17H2,1-4H3. The maximum atomic E-state index is 13.1. The fourth-order valence-electron chi connectivity index (χ4n) is 4.53. The van der Waals surface area contributed by atoms with Crippen molar-refractivity contribution in [2.24, 2.45) is 5.41 Å². The van der Waals surface area contributed by atoms with Crippen molar-refractivity contribution in [3.05, 3.63) is 64.2 Å². The predicted octanol–water partition coefficient (Wildman–Crippen LogP) is 3.32. The molecule has 0 bridgehead atoms. The molecule has 1 fully saturated rings. The van der Waals surface area contributed by atoms with Crippen molar-refractivity contribution < 1.29 is 9.53 Å². The number of aromatic nitrogens is 3. The zero-order valence-electron chi connectivity index (χ0n) is 20.1. The smallest absolute Gasteiger partial charge is 0.350 e. The van der Waals surface area contributed by atoms with Gasteiger partial charge in [0.25, 0.3) is 0 Å². The number of anilines is 1. The maximum absolute atomic E-state index is 13.1. The first-order valence-corrected chi connectivity index (χ1v) is 12.0. The number of nitrogens with zero attached hydrogens (tertiary/aromatic N) is 5. The minimum absolute atomic E-state index is 0.162. The molecule has 0 radical (unpaired) electrons. The van der Waals surface area contributed by atoms with Gasteiger partial charge < -0.3 is 9.64 Å². The third-order valence-corrected chi connectivity index (χ3v) is 6.22. The van der Waals surface area contributed by atoms with Gasteiger partial charge in [-0.2, -0.15) is 0 Å². The highest BCUT2D eigenvalue weighted by Gasteiger charge is 2.37. The van der Waals surface area contributed by atoms with Crippen LogP contribution in [0.4, 0.5) is 5.69 Å². The summed E-state index contributed by atoms with van der Waals surface area (Å²) in [6, 6.07) is 12.8. The largest absolute Gasteiger partial charge is 0.462 e. The second kappa shape index (κ2) is 9.80. The fraction of sp³-hybridized carbons (Fsp3) is 0.480. The lowest BCUT2D eigenvalue weighted by atomic mass is 9.91. The number of rotatable bonds is 7. The Morgan fingerprint density at radius 3 is 2.68 bits per heavy atom. The summed E-state index contributed by atoms with van der Waals surface area (Å²) in [5.41, 5.74) is 1.14. The van der Waals surface area contributed by atoms with Crippen LogP contribution in [0.15, 0.2) is 53.5 Å². The maximum Gasteiger partial charge on any atom is 0.350 e. The number of ether oxygens (including phenoxy) is 1. The lowest BCUT2D eigenvalue weighted by Gasteiger charge is -2.44. The van der Waals surface area contributed by atoms with Crippen LogP contribution in [-0.4, -0.2) is 63.4 Å². The van der Waals surface area contributed by atoms with Crippen LogP contribution in [0.25, 0.3) is 5.65 Å². The first kappa shape index (κ1) is 24.3. The number of halogens is 1. The molecular formula is C25H32ClN5O3. The van der Waals surface area contributed by atoms with E-state index in [4.69, 9.17) is 16.3 Å². The summed E-state index contributed by atoms with van der Waals surface area (Å²) >= 11 is 6.20. The van der Waals surface area contributed by atoms with Crippen molar-refractivity contribution in [3.8, 4) is 0 Å². The van der Waals surface area contributed by atoms with Gasteiger partial charge in [0.2, 0.25) is 0 Å². The number of hydrogen-bond donors (Lipinski definition) is 0. The van der Waals surface area contributed by atoms with Gasteiger partial charge in [0.1, 0.15) is 6.04 Å². The lowest BCUT2D eigenvalue weighted by molar-refractivity contribution is -0.154. The number of esters is 1. The zero-order valence-corrected chi connectivity index (χ0v) is 20.9. The topological polar surface area (TPSA) is 72.1 Å². The van der Waals surface area contributed by atoms with E-state index >= 15 is 0 Å². The number of carbonyl (C=O) groups excluding carboxylic acids is 1. The van der Waals surface area contributed by atoms with Crippen molar-refractivity contribution in [3.63, 3.8) is 0 Å². The molecule has 3 heterocycles. The summed E-state index contributed by atoms with van der Waals surface area (Å²) in [5, 5.41) is 5.15. The van der Waals surface area contributed by atoms with Gasteiger partial charge >= 0.3 is 11.7 Å². The Morgan fingerprint density at radius 2 is 1.97 bits per heavy atom. The zero-order chi connectivity index (χ0) is 24.5. The minimum Gasteiger partial charge on any atom is -0.462 e. The Bertz CT molecular complexity index is 1220. The van der Waals surface area contributed by atoms with Crippen molar-refractivity contribution in [2.45, 2.75) is 46.4 Å². The number of fused-ring (bicyclic) bond motifs is 1. The second-order valence-corrected chi connectivity index (χ2v) is 10.4. The molecule has 0 N–H and O–H groups in total. The molecule has 9 heteroatoms. The molecule has 8 nitrogen and oxygen atoms in total. The number of pyridine rings is 1. The lowest BCUT2D eigenvalue weighted by Crippen LogP contribution is -2.59. The number of carbonyl (C=O) groups is 1. The summed E-state index contributed by atoms with van der Waals surface area (Å²) in [6.07, 6.45) is 1.53. The molecule has 1 saturated heterocycles. The van der Waals surface area contributed by atoms with Crippen LogP contribution in [-0.2, 0) is 16.1 Å². The molecule has 2 aromatic heterocycles. The Hall–Kier alpha value is -2.84. The molecule has 1 atom stereocenters. The first-order chi connectivity index (χ1) is 16.1. The third-order valence-electron chi connectivity index (χ3n) is 5.99. The van der Waals surface area contributed by atoms with Crippen LogP contribution in [0.5, 0.6) is 0 Å². The summed E-state index contributed by atoms with van der Waals surface area (Å²) in [6.45, 7) is 10.9. The normalized spacial score (nSPS) is 17.5. The van der Waals surface area contributed by atoms with Gasteiger partial charge in [0, 0.05) is 43.1 Å². The van der Waals surface area contributed by atoms with Crippen molar-refractivity contribution >= 4 is 28.9 Å². The Labute approximate surface area is 204 Å². The molecule has 3 aromatic rings. The van der Waals surface area contributed by atoms with Gasteiger partial charge in [0.05, 0.1) is 12.6 Å². The van der Waals surface area contributed by atoms with E-state index in [9.17, 15) is 9.59 Å². The first-order valence-electron chi connectivity index (χ1n) is 11.6. The Morgan fingerprint density at radius 1 is 1.18 bits per heavy atom. The van der Waals surface area contributed by atoms with Crippen LogP contribution in [0.2, 0.25) is 5.02 Å². The summed E-state index contributed by atoms with van der Waals surface area (Å²) in [5.74, 6) is -0.234. The van der Waals surface area contributed by atoms with Crippen LogP contribution in [0, 0.1) is 5.41 Å². The molecule has 0 amide bonds. The molecule has 1 unspecified atom stereocenters. The Kier molecular flexibility index (Phi) is 7.00. The van der Waals surface area contributed by atoms with Gasteiger partial charge in [-0.1, -0.05) is 37.6 Å². The van der Waals surface area contributed by atoms with Crippen LogP contribution < -0.4 is 10.6 Å². The van der Waals surface area contributed by atoms with Crippen LogP contribution in [0.3, 0.4) is 0 Å². The molecule has 1 aromatic carbocycles. The van der Waals surface area contributed by atoms with E-state index in [2.05, 4.69) is 28.7 Å². The SMILES string of the molecule is CC(C)OC(=O)C1CN(c2cccc(Cl)c2)CCN1CC(C)(C)Cn1nc2ccccn2c1=O. The van der Waals surface area contributed by atoms with E-state index in [1.165, 1.54) is 4.68 Å². The highest BCUT2D eigenvalue weighted by atomic mass is 35.5. The minimum atomic E-state index is -0.424. The van der Waals surface area contributed by atoms with Crippen LogP contribution >= 0.6 is 11.6 Å². The Balaban J connectivity index is 1.53. The fourth-order valence-corrected chi connectivity index (χ4v) is 4.71. The number of hydrogen-bond acceptors (Lipinski definition) is 6. The second-order valence-electron chi connectivity index (χ2n) is 9.93. The molecule has 4 rings (SSSR count). The van der Waals surface area contributed by atoms with E-state index in [1.54, 1.807) is 10.6 Å². The van der Waals surface area contributed by atoms with Crippen LogP contribution in [0.1, 0.15) is 27.7 Å². The highest BCUT2D eigenvalue weighted by molar-refractivity contribution is 6.30. The van der Waals surface area contributed by atoms with Gasteiger partial charge in [-0.15, -0.1) is 5.10 Å². The van der Waals surface area contributed by atoms with E-state index in [1.807, 2.05) is 56.3 Å². The molecule has 0 aliphatic carbocycles. The molecule has 182 valence electrons. The predicted molar refractivity (Wildman–Crippen MR) is 133 cm³/mol. The monoisotopic (exact) mass is 485 g/mol. The highest BCUT2D eigenvalue weighted by Crippen LogP contribution is 2.27. The van der Waals surface area contributed by atoms with E-state index in [-0.39, 0.29) is 23.2 Å². The van der Waals surface area contributed by atoms with Gasteiger partial charge in [-0.05, 0) is 49.6 Å². The van der Waals surface area contributed by atoms with E-state index in [0.29, 0.717) is 36.8 Å². The van der Waals surface area contributed by atoms with Crippen molar-refractivity contribution in [1.82, 2.24) is 19.1 Å². The molecule has 34 heavy (non-hydrogen) atoms. The van der Waals surface area contributed by atoms with E-state index in [0.717, 1.165) is 12.2 Å². The molecule has 1 aliphatic heterocycles. The average Bonchev–Trinajstić information content (AvgIpc) is 3.08. The van der Waals surface area contributed by atoms with Crippen molar-refractivity contribution in [1.29, 1.82) is 0 Å². The van der Waals surface area contributed by atoms with Gasteiger partial charge in [-0.3, -0.25) is 14.1 Å². The number of piperazine rings is 1. The molecule has 0 saturated carbocycles. The quantitative estimate of drug-likeness (QED) is 0.478. The molecule has 1 aliphatic rings. The number of benzene rings is 1. The third kappa shape index (κ3) is 5.45. The molecular weight excluding hydrogens is 454 g/mol. The summed E-state index contributed by atoms with van der Waals surface area (Å²) < 4.78 is 8.67. The van der Waals surface area contributed by atoms with Crippen molar-refractivity contribution in [2.75, 3.05) is 31.1 Å². The van der Waals surface area contributed by atoms with E-state index < -0.39 is 6.04 Å². The average molecular weight is 486 g/mol. The van der Waals surface area contributed by atoms with Gasteiger partial charge in [-0.25, -0.2) is 9.48 Å². The summed E-state index contributed by atoms with van der Waals surface area (Å²) in [7, 11) is 0. The summed E-state index contributed by atoms with van der Waals surface area (Å²) in [4.78, 5) is 30.2.